The number of aliphatic hydroxyl groups excluding tert-OH is 1. The van der Waals surface area contributed by atoms with E-state index in [2.05, 4.69) is 20.3 Å². The van der Waals surface area contributed by atoms with Crippen molar-refractivity contribution in [3.8, 4) is 0 Å². The first kappa shape index (κ1) is 13.4. The average Bonchev–Trinajstić information content (AvgIpc) is 2.15. The summed E-state index contributed by atoms with van der Waals surface area (Å²) in [7, 11) is 0. The number of nitrogens with one attached hydrogen (secondary N) is 1. The zero-order valence-electron chi connectivity index (χ0n) is 9.11. The van der Waals surface area contributed by atoms with E-state index >= 15 is 0 Å². The summed E-state index contributed by atoms with van der Waals surface area (Å²) in [5, 5.41) is 12.1. The minimum absolute atomic E-state index is 0.0500. The number of hydrogen-bond donors (Lipinski definition) is 2. The highest BCUT2D eigenvalue weighted by Gasteiger charge is 2.14. The van der Waals surface area contributed by atoms with Gasteiger partial charge in [0.1, 0.15) is 0 Å². The van der Waals surface area contributed by atoms with Crippen molar-refractivity contribution >= 4 is 29.2 Å². The molecular weight excluding hydrogens is 251 g/mol. The maximum absolute atomic E-state index is 8.93. The molecule has 90 valence electrons. The molecule has 0 spiro atoms. The molecule has 0 aliphatic carbocycles. The van der Waals surface area contributed by atoms with Gasteiger partial charge in [0.05, 0.1) is 0 Å². The third kappa shape index (κ3) is 4.08. The lowest BCUT2D eigenvalue weighted by atomic mass is 10.0. The number of aliphatic hydroxyl groups is 1. The van der Waals surface area contributed by atoms with Crippen molar-refractivity contribution in [3.05, 3.63) is 10.6 Å². The van der Waals surface area contributed by atoms with E-state index in [-0.39, 0.29) is 23.2 Å². The molecule has 16 heavy (non-hydrogen) atoms. The molecule has 0 saturated heterocycles. The summed E-state index contributed by atoms with van der Waals surface area (Å²) in [6, 6.07) is 0.0690. The van der Waals surface area contributed by atoms with Crippen LogP contribution in [0.4, 0.5) is 5.95 Å². The van der Waals surface area contributed by atoms with Gasteiger partial charge in [0.25, 0.3) is 0 Å². The van der Waals surface area contributed by atoms with E-state index in [1.807, 2.05) is 13.8 Å². The molecule has 1 heterocycles. The van der Waals surface area contributed by atoms with Gasteiger partial charge in [-0.15, -0.1) is 0 Å². The largest absolute Gasteiger partial charge is 0.396 e. The quantitative estimate of drug-likeness (QED) is 0.852. The van der Waals surface area contributed by atoms with Crippen molar-refractivity contribution in [1.82, 2.24) is 15.0 Å². The SMILES string of the molecule is CC(C)C(CCO)Nc1nc(Cl)nc(Cl)n1. The summed E-state index contributed by atoms with van der Waals surface area (Å²) in [6.07, 6.45) is 0.610. The Morgan fingerprint density at radius 1 is 1.19 bits per heavy atom. The van der Waals surface area contributed by atoms with Crippen molar-refractivity contribution < 1.29 is 5.11 Å². The van der Waals surface area contributed by atoms with E-state index in [4.69, 9.17) is 28.3 Å². The second kappa shape index (κ2) is 6.18. The summed E-state index contributed by atoms with van der Waals surface area (Å²) in [6.45, 7) is 4.18. The Kier molecular flexibility index (Phi) is 5.18. The van der Waals surface area contributed by atoms with Crippen molar-refractivity contribution in [1.29, 1.82) is 0 Å². The minimum Gasteiger partial charge on any atom is -0.396 e. The molecule has 5 nitrogen and oxygen atoms in total. The standard InChI is InChI=1S/C9H14Cl2N4O/c1-5(2)6(3-4-16)12-9-14-7(10)13-8(11)15-9/h5-6,16H,3-4H2,1-2H3,(H,12,13,14,15). The van der Waals surface area contributed by atoms with Crippen LogP contribution >= 0.6 is 23.2 Å². The molecule has 0 radical (unpaired) electrons. The summed E-state index contributed by atoms with van der Waals surface area (Å²) >= 11 is 11.3. The fourth-order valence-electron chi connectivity index (χ4n) is 1.27. The molecule has 0 bridgehead atoms. The van der Waals surface area contributed by atoms with Gasteiger partial charge < -0.3 is 10.4 Å². The number of halogens is 2. The first-order valence-electron chi connectivity index (χ1n) is 4.97. The number of rotatable bonds is 5. The predicted molar refractivity (Wildman–Crippen MR) is 63.8 cm³/mol. The number of anilines is 1. The van der Waals surface area contributed by atoms with Crippen molar-refractivity contribution in [2.24, 2.45) is 5.92 Å². The molecule has 1 unspecified atom stereocenters. The summed E-state index contributed by atoms with van der Waals surface area (Å²) in [5.41, 5.74) is 0. The normalized spacial score (nSPS) is 12.9. The lowest BCUT2D eigenvalue weighted by molar-refractivity contribution is 0.267. The topological polar surface area (TPSA) is 70.9 Å². The highest BCUT2D eigenvalue weighted by molar-refractivity contribution is 6.31. The van der Waals surface area contributed by atoms with Gasteiger partial charge in [-0.25, -0.2) is 0 Å². The second-order valence-corrected chi connectivity index (χ2v) is 4.38. The van der Waals surface area contributed by atoms with Gasteiger partial charge in [-0.05, 0) is 35.5 Å². The Balaban J connectivity index is 2.76. The van der Waals surface area contributed by atoms with Crippen LogP contribution in [-0.2, 0) is 0 Å². The smallest absolute Gasteiger partial charge is 0.228 e. The summed E-state index contributed by atoms with van der Waals surface area (Å²) in [4.78, 5) is 11.5. The Labute approximate surface area is 104 Å². The molecule has 0 aromatic carbocycles. The van der Waals surface area contributed by atoms with E-state index in [0.29, 0.717) is 18.3 Å². The molecule has 0 aliphatic heterocycles. The molecule has 7 heteroatoms. The van der Waals surface area contributed by atoms with Gasteiger partial charge in [-0.3, -0.25) is 0 Å². The Morgan fingerprint density at radius 2 is 1.75 bits per heavy atom. The Bertz CT molecular complexity index is 328. The molecule has 1 aromatic heterocycles. The van der Waals surface area contributed by atoms with Crippen LogP contribution in [0.3, 0.4) is 0 Å². The van der Waals surface area contributed by atoms with Gasteiger partial charge in [-0.1, -0.05) is 13.8 Å². The van der Waals surface area contributed by atoms with Gasteiger partial charge in [0.15, 0.2) is 0 Å². The van der Waals surface area contributed by atoms with Crippen LogP contribution < -0.4 is 5.32 Å². The van der Waals surface area contributed by atoms with E-state index in [0.717, 1.165) is 0 Å². The minimum atomic E-state index is 0.0500. The van der Waals surface area contributed by atoms with Gasteiger partial charge in [0.2, 0.25) is 16.5 Å². The third-order valence-electron chi connectivity index (χ3n) is 2.14. The molecule has 0 fully saturated rings. The highest BCUT2D eigenvalue weighted by Crippen LogP contribution is 2.14. The first-order valence-corrected chi connectivity index (χ1v) is 5.73. The van der Waals surface area contributed by atoms with Crippen molar-refractivity contribution in [3.63, 3.8) is 0 Å². The molecule has 2 N–H and O–H groups in total. The van der Waals surface area contributed by atoms with E-state index in [9.17, 15) is 0 Å². The van der Waals surface area contributed by atoms with E-state index in [1.165, 1.54) is 0 Å². The maximum Gasteiger partial charge on any atom is 0.228 e. The third-order valence-corrected chi connectivity index (χ3v) is 2.48. The monoisotopic (exact) mass is 264 g/mol. The zero-order chi connectivity index (χ0) is 12.1. The second-order valence-electron chi connectivity index (χ2n) is 3.70. The zero-order valence-corrected chi connectivity index (χ0v) is 10.6. The Hall–Kier alpha value is -0.650. The number of aromatic nitrogens is 3. The van der Waals surface area contributed by atoms with Gasteiger partial charge >= 0.3 is 0 Å². The fraction of sp³-hybridized carbons (Fsp3) is 0.667. The average molecular weight is 265 g/mol. The van der Waals surface area contributed by atoms with Crippen molar-refractivity contribution in [2.75, 3.05) is 11.9 Å². The molecular formula is C9H14Cl2N4O. The molecule has 0 aliphatic rings. The Morgan fingerprint density at radius 3 is 2.19 bits per heavy atom. The van der Waals surface area contributed by atoms with Crippen LogP contribution in [0.5, 0.6) is 0 Å². The molecule has 0 saturated carbocycles. The maximum atomic E-state index is 8.93. The number of nitrogens with zero attached hydrogens (tertiary/aromatic N) is 3. The van der Waals surface area contributed by atoms with Crippen LogP contribution in [0.15, 0.2) is 0 Å². The molecule has 1 atom stereocenters. The summed E-state index contributed by atoms with van der Waals surface area (Å²) in [5.74, 6) is 0.665. The van der Waals surface area contributed by atoms with Crippen LogP contribution in [0.25, 0.3) is 0 Å². The number of hydrogen-bond acceptors (Lipinski definition) is 5. The highest BCUT2D eigenvalue weighted by atomic mass is 35.5. The predicted octanol–water partition coefficient (Wildman–Crippen LogP) is 2.00. The molecule has 1 rings (SSSR count). The summed E-state index contributed by atoms with van der Waals surface area (Å²) < 4.78 is 0. The molecule has 1 aromatic rings. The van der Waals surface area contributed by atoms with Gasteiger partial charge in [0, 0.05) is 12.6 Å². The van der Waals surface area contributed by atoms with E-state index in [1.54, 1.807) is 0 Å². The van der Waals surface area contributed by atoms with Crippen LogP contribution in [0.2, 0.25) is 10.6 Å². The fourth-order valence-corrected chi connectivity index (χ4v) is 1.63. The van der Waals surface area contributed by atoms with Gasteiger partial charge in [-0.2, -0.15) is 15.0 Å². The van der Waals surface area contributed by atoms with Crippen LogP contribution in [0, 0.1) is 5.92 Å². The first-order chi connectivity index (χ1) is 7.52. The lowest BCUT2D eigenvalue weighted by Crippen LogP contribution is -2.28. The van der Waals surface area contributed by atoms with E-state index < -0.39 is 0 Å². The molecule has 0 amide bonds. The lowest BCUT2D eigenvalue weighted by Gasteiger charge is -2.21. The van der Waals surface area contributed by atoms with Crippen molar-refractivity contribution in [2.45, 2.75) is 26.3 Å². The van der Waals surface area contributed by atoms with Crippen LogP contribution in [-0.4, -0.2) is 32.7 Å². The van der Waals surface area contributed by atoms with Crippen LogP contribution in [0.1, 0.15) is 20.3 Å².